The van der Waals surface area contributed by atoms with Crippen LogP contribution >= 0.6 is 12.4 Å². The van der Waals surface area contributed by atoms with Crippen molar-refractivity contribution in [3.8, 4) is 0 Å². The molecule has 0 aromatic heterocycles. The molecule has 11 heavy (non-hydrogen) atoms. The smallest absolute Gasteiger partial charge is 0.0665 e. The van der Waals surface area contributed by atoms with E-state index in [1.165, 1.54) is 12.8 Å². The number of nitrogens with one attached hydrogen (secondary N) is 1. The normalized spacial score (nSPS) is 31.1. The van der Waals surface area contributed by atoms with E-state index in [0.717, 1.165) is 19.4 Å². The van der Waals surface area contributed by atoms with Gasteiger partial charge in [-0.1, -0.05) is 13.3 Å². The molecule has 1 aliphatic rings. The Labute approximate surface area is 74.8 Å². The van der Waals surface area contributed by atoms with Gasteiger partial charge in [0.1, 0.15) is 0 Å². The van der Waals surface area contributed by atoms with Crippen LogP contribution in [0.15, 0.2) is 0 Å². The third-order valence-electron chi connectivity index (χ3n) is 2.13. The van der Waals surface area contributed by atoms with E-state index in [4.69, 9.17) is 5.11 Å². The number of aliphatic hydroxyl groups is 1. The van der Waals surface area contributed by atoms with E-state index in [0.29, 0.717) is 6.04 Å². The first-order chi connectivity index (χ1) is 4.83. The first kappa shape index (κ1) is 11.2. The van der Waals surface area contributed by atoms with Crippen molar-refractivity contribution in [3.05, 3.63) is 0 Å². The molecule has 0 spiro atoms. The van der Waals surface area contributed by atoms with Gasteiger partial charge in [-0.15, -0.1) is 12.4 Å². The predicted molar refractivity (Wildman–Crippen MR) is 49.2 cm³/mol. The van der Waals surface area contributed by atoms with Crippen LogP contribution in [0.4, 0.5) is 0 Å². The minimum Gasteiger partial charge on any atom is -0.392 e. The highest BCUT2D eigenvalue weighted by Crippen LogP contribution is 2.11. The molecule has 2 nitrogen and oxygen atoms in total. The SMILES string of the molecule is CCC[C@@H]1CC[C@@H](O)CN1.Cl. The van der Waals surface area contributed by atoms with Crippen molar-refractivity contribution in [2.24, 2.45) is 0 Å². The molecule has 0 aromatic carbocycles. The molecule has 1 heterocycles. The molecule has 0 radical (unpaired) electrons. The Morgan fingerprint density at radius 1 is 1.45 bits per heavy atom. The Morgan fingerprint density at radius 3 is 2.64 bits per heavy atom. The molecule has 3 heteroatoms. The number of piperidine rings is 1. The highest BCUT2D eigenvalue weighted by Gasteiger charge is 2.16. The van der Waals surface area contributed by atoms with Crippen LogP contribution in [0.3, 0.4) is 0 Å². The van der Waals surface area contributed by atoms with Gasteiger partial charge < -0.3 is 10.4 Å². The van der Waals surface area contributed by atoms with Gasteiger partial charge in [-0.2, -0.15) is 0 Å². The molecule has 0 bridgehead atoms. The summed E-state index contributed by atoms with van der Waals surface area (Å²) in [5, 5.41) is 12.5. The molecule has 1 saturated heterocycles. The van der Waals surface area contributed by atoms with Gasteiger partial charge in [0, 0.05) is 12.6 Å². The molecule has 1 fully saturated rings. The van der Waals surface area contributed by atoms with Crippen LogP contribution in [-0.2, 0) is 0 Å². The van der Waals surface area contributed by atoms with E-state index in [9.17, 15) is 0 Å². The molecule has 1 aliphatic heterocycles. The number of hydrogen-bond acceptors (Lipinski definition) is 2. The second kappa shape index (κ2) is 5.81. The Kier molecular flexibility index (Phi) is 5.92. The van der Waals surface area contributed by atoms with Gasteiger partial charge >= 0.3 is 0 Å². The van der Waals surface area contributed by atoms with E-state index in [1.807, 2.05) is 0 Å². The molecule has 0 aliphatic carbocycles. The van der Waals surface area contributed by atoms with Gasteiger partial charge in [-0.05, 0) is 19.3 Å². The van der Waals surface area contributed by atoms with Crippen molar-refractivity contribution in [2.75, 3.05) is 6.54 Å². The maximum Gasteiger partial charge on any atom is 0.0665 e. The number of aliphatic hydroxyl groups excluding tert-OH is 1. The van der Waals surface area contributed by atoms with Crippen molar-refractivity contribution >= 4 is 12.4 Å². The molecule has 0 saturated carbocycles. The lowest BCUT2D eigenvalue weighted by Gasteiger charge is -2.26. The van der Waals surface area contributed by atoms with Gasteiger partial charge in [0.15, 0.2) is 0 Å². The number of rotatable bonds is 2. The van der Waals surface area contributed by atoms with E-state index in [-0.39, 0.29) is 18.5 Å². The first-order valence-corrected chi connectivity index (χ1v) is 4.24. The monoisotopic (exact) mass is 179 g/mol. The molecule has 68 valence electrons. The molecule has 1 rings (SSSR count). The largest absolute Gasteiger partial charge is 0.392 e. The molecule has 2 N–H and O–H groups in total. The standard InChI is InChI=1S/C8H17NO.ClH/c1-2-3-7-4-5-8(10)6-9-7;/h7-10H,2-6H2,1H3;1H/t7-,8-;/m1./s1. The van der Waals surface area contributed by atoms with Gasteiger partial charge in [0.25, 0.3) is 0 Å². The Morgan fingerprint density at radius 2 is 2.18 bits per heavy atom. The van der Waals surface area contributed by atoms with Crippen LogP contribution in [0.2, 0.25) is 0 Å². The highest BCUT2D eigenvalue weighted by molar-refractivity contribution is 5.85. The summed E-state index contributed by atoms with van der Waals surface area (Å²) in [4.78, 5) is 0. The second-order valence-electron chi connectivity index (χ2n) is 3.13. The van der Waals surface area contributed by atoms with E-state index >= 15 is 0 Å². The van der Waals surface area contributed by atoms with Crippen molar-refractivity contribution in [1.82, 2.24) is 5.32 Å². The number of halogens is 1. The maximum atomic E-state index is 9.13. The zero-order valence-corrected chi connectivity index (χ0v) is 7.86. The lowest BCUT2D eigenvalue weighted by molar-refractivity contribution is 0.124. The third-order valence-corrected chi connectivity index (χ3v) is 2.13. The van der Waals surface area contributed by atoms with Crippen LogP contribution < -0.4 is 5.32 Å². The van der Waals surface area contributed by atoms with E-state index < -0.39 is 0 Å². The fourth-order valence-electron chi connectivity index (χ4n) is 1.50. The third kappa shape index (κ3) is 3.94. The number of β-amino-alcohol motifs (C(OH)–C–C–N with tert-alkyl or cyclic N) is 1. The molecule has 0 amide bonds. The van der Waals surface area contributed by atoms with Gasteiger partial charge in [0.2, 0.25) is 0 Å². The van der Waals surface area contributed by atoms with Gasteiger partial charge in [-0.25, -0.2) is 0 Å². The Balaban J connectivity index is 0.000001000. The highest BCUT2D eigenvalue weighted by atomic mass is 35.5. The first-order valence-electron chi connectivity index (χ1n) is 4.24. The van der Waals surface area contributed by atoms with Crippen LogP contribution in [0.5, 0.6) is 0 Å². The predicted octanol–water partition coefficient (Wildman–Crippen LogP) is 1.32. The lowest BCUT2D eigenvalue weighted by Crippen LogP contribution is -2.41. The van der Waals surface area contributed by atoms with Crippen molar-refractivity contribution in [2.45, 2.75) is 44.8 Å². The molecule has 0 aromatic rings. The molecular formula is C8H18ClNO. The summed E-state index contributed by atoms with van der Waals surface area (Å²) in [7, 11) is 0. The average Bonchev–Trinajstić information content (AvgIpc) is 1.95. The van der Waals surface area contributed by atoms with Crippen LogP contribution in [0.25, 0.3) is 0 Å². The second-order valence-corrected chi connectivity index (χ2v) is 3.13. The van der Waals surface area contributed by atoms with Crippen LogP contribution in [0, 0.1) is 0 Å². The summed E-state index contributed by atoms with van der Waals surface area (Å²) in [6.07, 6.45) is 4.54. The van der Waals surface area contributed by atoms with Gasteiger partial charge in [-0.3, -0.25) is 0 Å². The Hall–Kier alpha value is 0.210. The summed E-state index contributed by atoms with van der Waals surface area (Å²) < 4.78 is 0. The minimum absolute atomic E-state index is 0. The van der Waals surface area contributed by atoms with Crippen molar-refractivity contribution < 1.29 is 5.11 Å². The van der Waals surface area contributed by atoms with Gasteiger partial charge in [0.05, 0.1) is 6.10 Å². The van der Waals surface area contributed by atoms with Crippen molar-refractivity contribution in [1.29, 1.82) is 0 Å². The van der Waals surface area contributed by atoms with Crippen LogP contribution in [-0.4, -0.2) is 23.8 Å². The fraction of sp³-hybridized carbons (Fsp3) is 1.00. The average molecular weight is 180 g/mol. The zero-order valence-electron chi connectivity index (χ0n) is 7.05. The topological polar surface area (TPSA) is 32.3 Å². The van der Waals surface area contributed by atoms with E-state index in [2.05, 4.69) is 12.2 Å². The molecular weight excluding hydrogens is 162 g/mol. The van der Waals surface area contributed by atoms with Crippen LogP contribution in [0.1, 0.15) is 32.6 Å². The quantitative estimate of drug-likeness (QED) is 0.671. The summed E-state index contributed by atoms with van der Waals surface area (Å²) in [6, 6.07) is 0.674. The van der Waals surface area contributed by atoms with E-state index in [1.54, 1.807) is 0 Å². The maximum absolute atomic E-state index is 9.13. The zero-order chi connectivity index (χ0) is 7.40. The fourth-order valence-corrected chi connectivity index (χ4v) is 1.50. The van der Waals surface area contributed by atoms with Crippen molar-refractivity contribution in [3.63, 3.8) is 0 Å². The Bertz CT molecular complexity index is 92.1. The summed E-state index contributed by atoms with van der Waals surface area (Å²) in [5.74, 6) is 0. The summed E-state index contributed by atoms with van der Waals surface area (Å²) >= 11 is 0. The lowest BCUT2D eigenvalue weighted by atomic mass is 9.99. The molecule has 0 unspecified atom stereocenters. The number of hydrogen-bond donors (Lipinski definition) is 2. The summed E-state index contributed by atoms with van der Waals surface area (Å²) in [6.45, 7) is 3.00. The minimum atomic E-state index is -0.0897. The molecule has 2 atom stereocenters. The summed E-state index contributed by atoms with van der Waals surface area (Å²) in [5.41, 5.74) is 0.